The Labute approximate surface area is 77.3 Å². The van der Waals surface area contributed by atoms with Crippen LogP contribution in [0, 0.1) is 5.41 Å². The van der Waals surface area contributed by atoms with Crippen molar-refractivity contribution in [1.82, 2.24) is 0 Å². The molecule has 0 amide bonds. The zero-order chi connectivity index (χ0) is 4.50. The van der Waals surface area contributed by atoms with Crippen molar-refractivity contribution in [3.8, 4) is 0 Å². The Kier molecular flexibility index (Phi) is 12.5. The van der Waals surface area contributed by atoms with Gasteiger partial charge in [-0.3, -0.25) is 0 Å². The van der Waals surface area contributed by atoms with E-state index in [1.165, 1.54) is 0 Å². The third-order valence-corrected chi connectivity index (χ3v) is 0. The summed E-state index contributed by atoms with van der Waals surface area (Å²) >= 11 is 0. The van der Waals surface area contributed by atoms with Crippen LogP contribution < -0.4 is 17.0 Å². The van der Waals surface area contributed by atoms with Gasteiger partial charge in [-0.1, -0.05) is 27.7 Å². The van der Waals surface area contributed by atoms with Gasteiger partial charge in [0.1, 0.15) is 0 Å². The second-order valence-electron chi connectivity index (χ2n) is 3.00. The van der Waals surface area contributed by atoms with E-state index in [0.717, 1.165) is 0 Å². The maximum Gasteiger partial charge on any atom is 1.00 e. The van der Waals surface area contributed by atoms with E-state index in [1.54, 1.807) is 0 Å². The fraction of sp³-hybridized carbons (Fsp3) is 1.00. The second-order valence-corrected chi connectivity index (χ2v) is 3.00. The predicted octanol–water partition coefficient (Wildman–Crippen LogP) is -0.946. The van der Waals surface area contributed by atoms with E-state index in [-0.39, 0.29) is 44.7 Å². The Balaban J connectivity index is -0.0000000800. The molecule has 0 aliphatic heterocycles. The quantitative estimate of drug-likeness (QED) is 0.494. The van der Waals surface area contributed by atoms with E-state index in [0.29, 0.717) is 5.41 Å². The van der Waals surface area contributed by atoms with Crippen LogP contribution in [0.3, 0.4) is 0 Å². The van der Waals surface area contributed by atoms with Crippen LogP contribution in [0.2, 0.25) is 0 Å². The van der Waals surface area contributed by atoms with Crippen LogP contribution in [0.5, 0.6) is 0 Å². The molecule has 0 heterocycles. The third kappa shape index (κ3) is 109. The van der Waals surface area contributed by atoms with Gasteiger partial charge in [-0.25, -0.2) is 0 Å². The van der Waals surface area contributed by atoms with Gasteiger partial charge in [-0.05, 0) is 5.41 Å². The van der Waals surface area contributed by atoms with E-state index in [1.807, 2.05) is 0 Å². The van der Waals surface area contributed by atoms with Crippen LogP contribution in [-0.2, 0) is 27.7 Å². The fourth-order valence-corrected chi connectivity index (χ4v) is 0. The largest absolute Gasteiger partial charge is 1.00 e. The molecule has 0 aromatic rings. The minimum absolute atomic E-state index is 0. The van der Waals surface area contributed by atoms with E-state index in [4.69, 9.17) is 0 Å². The zero-order valence-electron chi connectivity index (χ0n) is 5.59. The Morgan fingerprint density at radius 1 is 0.857 bits per heavy atom. The van der Waals surface area contributed by atoms with E-state index >= 15 is 0 Å². The minimum Gasteiger partial charge on any atom is -1.00 e. The molecule has 0 aromatic carbocycles. The Bertz CT molecular complexity index is 23.6. The first-order chi connectivity index (χ1) is 2.00. The van der Waals surface area contributed by atoms with Crippen LogP contribution in [0.4, 0.5) is 0 Å². The number of hydrogen-bond donors (Lipinski definition) is 0. The van der Waals surface area contributed by atoms with Gasteiger partial charge in [0.2, 0.25) is 0 Å². The molecule has 0 N–H and O–H groups in total. The molecule has 0 aromatic heterocycles. The molecule has 0 nitrogen and oxygen atoms in total. The van der Waals surface area contributed by atoms with Crippen LogP contribution in [0.15, 0.2) is 0 Å². The first kappa shape index (κ1) is 15.8. The fourth-order valence-electron chi connectivity index (χ4n) is 0. The molecule has 7 heavy (non-hydrogen) atoms. The summed E-state index contributed by atoms with van der Waals surface area (Å²) in [6.45, 7) is 8.75. The minimum atomic E-state index is 0. The number of hydrogen-bond acceptors (Lipinski definition) is 0. The number of rotatable bonds is 0. The molecule has 0 aliphatic rings. The smallest absolute Gasteiger partial charge is 1.00 e. The molecule has 0 saturated carbocycles. The van der Waals surface area contributed by atoms with Crippen molar-refractivity contribution in [2.75, 3.05) is 0 Å². The summed E-state index contributed by atoms with van der Waals surface area (Å²) in [7, 11) is 0. The number of halogens is 1. The molecule has 0 fully saturated rings. The molecular formula is C5H12BrHg. The molecule has 0 bridgehead atoms. The van der Waals surface area contributed by atoms with Gasteiger partial charge in [0.25, 0.3) is 0 Å². The van der Waals surface area contributed by atoms with Gasteiger partial charge >= 0.3 is 27.7 Å². The first-order valence-corrected chi connectivity index (χ1v) is 2.00. The monoisotopic (exact) mass is 353 g/mol. The molecule has 41 valence electrons. The average Bonchev–Trinajstić information content (AvgIpc) is 0.722. The molecule has 0 atom stereocenters. The van der Waals surface area contributed by atoms with Crippen molar-refractivity contribution in [3.63, 3.8) is 0 Å². The second kappa shape index (κ2) is 5.55. The summed E-state index contributed by atoms with van der Waals surface area (Å²) in [5, 5.41) is 0. The summed E-state index contributed by atoms with van der Waals surface area (Å²) in [5.41, 5.74) is 0.500. The van der Waals surface area contributed by atoms with Crippen molar-refractivity contribution >= 4 is 0 Å². The van der Waals surface area contributed by atoms with Crippen molar-refractivity contribution < 1.29 is 44.7 Å². The molecule has 0 rings (SSSR count). The standard InChI is InChI=1S/C5H12.BrH.Hg/c1-5(2,3)4;;/h1-4H3;1H;/q;;+1/p-1. The molecule has 0 spiro atoms. The molecule has 0 saturated heterocycles. The van der Waals surface area contributed by atoms with E-state index in [9.17, 15) is 0 Å². The van der Waals surface area contributed by atoms with Crippen molar-refractivity contribution in [2.24, 2.45) is 5.41 Å². The van der Waals surface area contributed by atoms with Gasteiger partial charge in [0.05, 0.1) is 0 Å². The first-order valence-electron chi connectivity index (χ1n) is 2.00. The Morgan fingerprint density at radius 2 is 0.857 bits per heavy atom. The maximum absolute atomic E-state index is 2.19. The third-order valence-electron chi connectivity index (χ3n) is 0. The van der Waals surface area contributed by atoms with Gasteiger partial charge in [-0.15, -0.1) is 0 Å². The molecule has 0 unspecified atom stereocenters. The Morgan fingerprint density at radius 3 is 0.857 bits per heavy atom. The Hall–Kier alpha value is 1.42. The normalized spacial score (nSPS) is 8.57. The average molecular weight is 353 g/mol. The van der Waals surface area contributed by atoms with Gasteiger partial charge in [0.15, 0.2) is 0 Å². The molecule has 2 heteroatoms. The topological polar surface area (TPSA) is 0 Å². The predicted molar refractivity (Wildman–Crippen MR) is 25.1 cm³/mol. The van der Waals surface area contributed by atoms with E-state index in [2.05, 4.69) is 27.7 Å². The van der Waals surface area contributed by atoms with Crippen LogP contribution in [0.25, 0.3) is 0 Å². The van der Waals surface area contributed by atoms with E-state index < -0.39 is 0 Å². The van der Waals surface area contributed by atoms with Crippen molar-refractivity contribution in [1.29, 1.82) is 0 Å². The van der Waals surface area contributed by atoms with Gasteiger partial charge < -0.3 is 17.0 Å². The van der Waals surface area contributed by atoms with Gasteiger partial charge in [-0.2, -0.15) is 0 Å². The van der Waals surface area contributed by atoms with Gasteiger partial charge in [0, 0.05) is 0 Å². The molecular weight excluding hydrogens is 341 g/mol. The molecule has 1 radical (unpaired) electrons. The van der Waals surface area contributed by atoms with Crippen LogP contribution in [0.1, 0.15) is 27.7 Å². The maximum atomic E-state index is 2.19. The summed E-state index contributed by atoms with van der Waals surface area (Å²) in [6.07, 6.45) is 0. The summed E-state index contributed by atoms with van der Waals surface area (Å²) in [4.78, 5) is 0. The SMILES string of the molecule is CC(C)(C)C.[Br-].[Hg+]. The van der Waals surface area contributed by atoms with Crippen LogP contribution >= 0.6 is 0 Å². The van der Waals surface area contributed by atoms with Crippen molar-refractivity contribution in [2.45, 2.75) is 27.7 Å². The summed E-state index contributed by atoms with van der Waals surface area (Å²) in [6, 6.07) is 0. The summed E-state index contributed by atoms with van der Waals surface area (Å²) in [5.74, 6) is 0. The summed E-state index contributed by atoms with van der Waals surface area (Å²) < 4.78 is 0. The van der Waals surface area contributed by atoms with Crippen molar-refractivity contribution in [3.05, 3.63) is 0 Å². The molecule has 0 aliphatic carbocycles. The zero-order valence-corrected chi connectivity index (χ0v) is 12.7. The van der Waals surface area contributed by atoms with Crippen LogP contribution in [-0.4, -0.2) is 0 Å².